The molecule has 0 spiro atoms. The van der Waals surface area contributed by atoms with Crippen LogP contribution in [0.15, 0.2) is 22.8 Å². The highest BCUT2D eigenvalue weighted by Gasteiger charge is 2.39. The summed E-state index contributed by atoms with van der Waals surface area (Å²) in [6, 6.07) is 2.35. The van der Waals surface area contributed by atoms with Crippen LogP contribution in [0.2, 0.25) is 0 Å². The van der Waals surface area contributed by atoms with E-state index in [1.807, 2.05) is 0 Å². The highest BCUT2D eigenvalue weighted by atomic mass is 16.3. The molecule has 1 aliphatic heterocycles. The lowest BCUT2D eigenvalue weighted by atomic mass is 10.2. The van der Waals surface area contributed by atoms with Crippen molar-refractivity contribution in [3.05, 3.63) is 24.2 Å². The van der Waals surface area contributed by atoms with Gasteiger partial charge in [-0.15, -0.1) is 0 Å². The zero-order valence-electron chi connectivity index (χ0n) is 10.8. The molecule has 0 bridgehead atoms. The second kappa shape index (κ2) is 4.99. The van der Waals surface area contributed by atoms with Crippen LogP contribution in [-0.4, -0.2) is 34.8 Å². The maximum absolute atomic E-state index is 12.1. The molecule has 0 aromatic carbocycles. The summed E-state index contributed by atoms with van der Waals surface area (Å²) < 4.78 is 5.12. The van der Waals surface area contributed by atoms with Gasteiger partial charge in [0.15, 0.2) is 0 Å². The summed E-state index contributed by atoms with van der Waals surface area (Å²) in [4.78, 5) is 36.6. The molecule has 7 nitrogen and oxygen atoms in total. The van der Waals surface area contributed by atoms with Gasteiger partial charge in [-0.25, -0.2) is 4.79 Å². The molecule has 2 heterocycles. The van der Waals surface area contributed by atoms with Crippen LogP contribution in [0.1, 0.15) is 25.0 Å². The quantitative estimate of drug-likeness (QED) is 0.761. The third kappa shape index (κ3) is 2.66. The van der Waals surface area contributed by atoms with Crippen molar-refractivity contribution < 1.29 is 18.8 Å². The number of amides is 4. The lowest BCUT2D eigenvalue weighted by Gasteiger charge is -2.11. The van der Waals surface area contributed by atoms with Gasteiger partial charge in [-0.2, -0.15) is 0 Å². The Morgan fingerprint density at radius 1 is 1.45 bits per heavy atom. The smallest absolute Gasteiger partial charge is 0.325 e. The first kappa shape index (κ1) is 12.7. The fourth-order valence-electron chi connectivity index (χ4n) is 2.12. The van der Waals surface area contributed by atoms with Gasteiger partial charge in [0, 0.05) is 6.04 Å². The van der Waals surface area contributed by atoms with E-state index >= 15 is 0 Å². The molecular formula is C13H15N3O4. The van der Waals surface area contributed by atoms with Crippen molar-refractivity contribution in [2.75, 3.05) is 0 Å². The van der Waals surface area contributed by atoms with Gasteiger partial charge in [0.1, 0.15) is 11.8 Å². The van der Waals surface area contributed by atoms with E-state index in [1.54, 1.807) is 12.1 Å². The van der Waals surface area contributed by atoms with E-state index < -0.39 is 18.0 Å². The average molecular weight is 277 g/mol. The monoisotopic (exact) mass is 277 g/mol. The number of furan rings is 1. The molecule has 2 N–H and O–H groups in total. The number of hydrogen-bond donors (Lipinski definition) is 2. The summed E-state index contributed by atoms with van der Waals surface area (Å²) in [6.07, 6.45) is 3.44. The van der Waals surface area contributed by atoms with Gasteiger partial charge in [0.2, 0.25) is 5.91 Å². The number of urea groups is 1. The largest absolute Gasteiger partial charge is 0.467 e. The molecule has 2 fully saturated rings. The lowest BCUT2D eigenvalue weighted by Crippen LogP contribution is -2.37. The molecule has 1 saturated carbocycles. The first-order valence-electron chi connectivity index (χ1n) is 6.57. The van der Waals surface area contributed by atoms with E-state index in [0.29, 0.717) is 5.76 Å². The second-order valence-corrected chi connectivity index (χ2v) is 5.05. The number of carbonyl (C=O) groups excluding carboxylic acids is 3. The number of rotatable bonds is 5. The van der Waals surface area contributed by atoms with E-state index in [0.717, 1.165) is 17.7 Å². The molecule has 20 heavy (non-hydrogen) atoms. The lowest BCUT2D eigenvalue weighted by molar-refractivity contribution is -0.131. The van der Waals surface area contributed by atoms with E-state index in [4.69, 9.17) is 4.42 Å². The first-order chi connectivity index (χ1) is 9.63. The van der Waals surface area contributed by atoms with Gasteiger partial charge in [-0.05, 0) is 25.0 Å². The van der Waals surface area contributed by atoms with Crippen molar-refractivity contribution in [2.45, 2.75) is 37.9 Å². The zero-order valence-corrected chi connectivity index (χ0v) is 10.8. The molecule has 1 unspecified atom stereocenters. The van der Waals surface area contributed by atoms with Crippen molar-refractivity contribution in [3.8, 4) is 0 Å². The number of nitrogens with zero attached hydrogens (tertiary/aromatic N) is 1. The van der Waals surface area contributed by atoms with Crippen molar-refractivity contribution in [2.24, 2.45) is 0 Å². The molecule has 2 aliphatic rings. The van der Waals surface area contributed by atoms with Crippen LogP contribution < -0.4 is 10.6 Å². The van der Waals surface area contributed by atoms with Gasteiger partial charge in [0.25, 0.3) is 5.91 Å². The Hall–Kier alpha value is -2.31. The maximum atomic E-state index is 12.1. The van der Waals surface area contributed by atoms with E-state index in [-0.39, 0.29) is 24.9 Å². The summed E-state index contributed by atoms with van der Waals surface area (Å²) in [7, 11) is 0. The maximum Gasteiger partial charge on any atom is 0.325 e. The van der Waals surface area contributed by atoms with Crippen molar-refractivity contribution in [3.63, 3.8) is 0 Å². The Morgan fingerprint density at radius 2 is 2.25 bits per heavy atom. The van der Waals surface area contributed by atoms with E-state index in [9.17, 15) is 14.4 Å². The summed E-state index contributed by atoms with van der Waals surface area (Å²) in [6.45, 7) is 0.0818. The van der Waals surface area contributed by atoms with Crippen LogP contribution in [0.5, 0.6) is 0 Å². The minimum atomic E-state index is -0.781. The fourth-order valence-corrected chi connectivity index (χ4v) is 2.12. The predicted molar refractivity (Wildman–Crippen MR) is 67.4 cm³/mol. The molecule has 1 aromatic heterocycles. The van der Waals surface area contributed by atoms with Crippen LogP contribution in [0.3, 0.4) is 0 Å². The molecule has 4 amide bonds. The van der Waals surface area contributed by atoms with Gasteiger partial charge in [-0.3, -0.25) is 14.5 Å². The van der Waals surface area contributed by atoms with Crippen LogP contribution in [0.4, 0.5) is 4.79 Å². The van der Waals surface area contributed by atoms with E-state index in [1.165, 1.54) is 6.26 Å². The standard InChI is InChI=1S/C13H15N3O4/c17-11(14-8-3-4-8)6-10-12(18)16(13(19)15-10)7-9-2-1-5-20-9/h1-2,5,8,10H,3-4,6-7H2,(H,14,17)(H,15,19). The Bertz CT molecular complexity index is 536. The third-order valence-corrected chi connectivity index (χ3v) is 3.33. The Morgan fingerprint density at radius 3 is 2.90 bits per heavy atom. The minimum Gasteiger partial charge on any atom is -0.467 e. The fraction of sp³-hybridized carbons (Fsp3) is 0.462. The van der Waals surface area contributed by atoms with Crippen molar-refractivity contribution in [1.82, 2.24) is 15.5 Å². The van der Waals surface area contributed by atoms with Gasteiger partial charge in [0.05, 0.1) is 19.2 Å². The minimum absolute atomic E-state index is 0.0181. The number of nitrogens with one attached hydrogen (secondary N) is 2. The second-order valence-electron chi connectivity index (χ2n) is 5.05. The molecule has 106 valence electrons. The molecule has 1 aliphatic carbocycles. The van der Waals surface area contributed by atoms with E-state index in [2.05, 4.69) is 10.6 Å². The molecule has 7 heteroatoms. The summed E-state index contributed by atoms with van der Waals surface area (Å²) in [5, 5.41) is 5.32. The topological polar surface area (TPSA) is 91.7 Å². The number of hydrogen-bond acceptors (Lipinski definition) is 4. The summed E-state index contributed by atoms with van der Waals surface area (Å²) >= 11 is 0. The molecular weight excluding hydrogens is 262 g/mol. The Balaban J connectivity index is 1.59. The highest BCUT2D eigenvalue weighted by Crippen LogP contribution is 2.19. The molecule has 0 radical (unpaired) electrons. The molecule has 1 saturated heterocycles. The van der Waals surface area contributed by atoms with Crippen molar-refractivity contribution >= 4 is 17.8 Å². The molecule has 1 atom stereocenters. The van der Waals surface area contributed by atoms with Gasteiger partial charge >= 0.3 is 6.03 Å². The van der Waals surface area contributed by atoms with Crippen LogP contribution in [-0.2, 0) is 16.1 Å². The summed E-state index contributed by atoms with van der Waals surface area (Å²) in [5.74, 6) is -0.0695. The van der Waals surface area contributed by atoms with Crippen LogP contribution in [0, 0.1) is 0 Å². The Labute approximate surface area is 115 Å². The van der Waals surface area contributed by atoms with Crippen molar-refractivity contribution in [1.29, 1.82) is 0 Å². The SMILES string of the molecule is O=C(CC1NC(=O)N(Cc2ccco2)C1=O)NC1CC1. The van der Waals surface area contributed by atoms with Crippen LogP contribution in [0.25, 0.3) is 0 Å². The number of imide groups is 1. The number of carbonyl (C=O) groups is 3. The summed E-state index contributed by atoms with van der Waals surface area (Å²) in [5.41, 5.74) is 0. The molecule has 1 aromatic rings. The van der Waals surface area contributed by atoms with Crippen LogP contribution >= 0.6 is 0 Å². The normalized spacial score (nSPS) is 22.0. The van der Waals surface area contributed by atoms with Gasteiger partial charge in [-0.1, -0.05) is 0 Å². The third-order valence-electron chi connectivity index (χ3n) is 3.33. The predicted octanol–water partition coefficient (Wildman–Crippen LogP) is 0.369. The molecule has 3 rings (SSSR count). The highest BCUT2D eigenvalue weighted by molar-refractivity contribution is 6.05. The Kier molecular flexibility index (Phi) is 3.17. The first-order valence-corrected chi connectivity index (χ1v) is 6.57. The zero-order chi connectivity index (χ0) is 14.1. The van der Waals surface area contributed by atoms with Gasteiger partial charge < -0.3 is 15.1 Å². The average Bonchev–Trinajstić information content (AvgIpc) is 2.98.